The van der Waals surface area contributed by atoms with Crippen molar-refractivity contribution in [1.82, 2.24) is 5.32 Å². The van der Waals surface area contributed by atoms with Gasteiger partial charge in [0.2, 0.25) is 10.0 Å². The number of carbonyl (C=O) groups excluding carboxylic acids is 1. The number of nitrogens with one attached hydrogen (secondary N) is 1. The van der Waals surface area contributed by atoms with Crippen LogP contribution in [0.2, 0.25) is 0 Å². The highest BCUT2D eigenvalue weighted by molar-refractivity contribution is 7.89. The minimum Gasteiger partial charge on any atom is -0.352 e. The van der Waals surface area contributed by atoms with Gasteiger partial charge in [-0.05, 0) is 43.9 Å². The third kappa shape index (κ3) is 3.33. The number of benzene rings is 1. The molecule has 1 aromatic rings. The van der Waals surface area contributed by atoms with Gasteiger partial charge in [0.25, 0.3) is 5.91 Å². The van der Waals surface area contributed by atoms with Crippen LogP contribution >= 0.6 is 0 Å². The SMILES string of the molecule is CCCNC(=O)c1c(C)cc(C)c(S(N)(=O)=O)c1C. The van der Waals surface area contributed by atoms with Gasteiger partial charge in [-0.15, -0.1) is 0 Å². The van der Waals surface area contributed by atoms with E-state index >= 15 is 0 Å². The van der Waals surface area contributed by atoms with Gasteiger partial charge in [-0.3, -0.25) is 4.79 Å². The number of carbonyl (C=O) groups is 1. The summed E-state index contributed by atoms with van der Waals surface area (Å²) in [6.07, 6.45) is 0.817. The number of aryl methyl sites for hydroxylation is 2. The molecule has 0 fully saturated rings. The third-order valence-corrected chi connectivity index (χ3v) is 4.15. The van der Waals surface area contributed by atoms with Gasteiger partial charge in [-0.2, -0.15) is 0 Å². The molecule has 0 atom stereocenters. The molecule has 3 N–H and O–H groups in total. The zero-order valence-corrected chi connectivity index (χ0v) is 12.5. The first-order chi connectivity index (χ1) is 8.70. The van der Waals surface area contributed by atoms with Gasteiger partial charge in [0.05, 0.1) is 4.90 Å². The first kappa shape index (κ1) is 15.7. The first-order valence-electron chi connectivity index (χ1n) is 6.12. The zero-order chi connectivity index (χ0) is 14.8. The fraction of sp³-hybridized carbons (Fsp3) is 0.462. The van der Waals surface area contributed by atoms with Gasteiger partial charge < -0.3 is 5.32 Å². The van der Waals surface area contributed by atoms with Gasteiger partial charge in [0, 0.05) is 12.1 Å². The second-order valence-corrected chi connectivity index (χ2v) is 6.14. The average Bonchev–Trinajstić information content (AvgIpc) is 2.23. The largest absolute Gasteiger partial charge is 0.352 e. The average molecular weight is 284 g/mol. The molecular weight excluding hydrogens is 264 g/mol. The van der Waals surface area contributed by atoms with Crippen molar-refractivity contribution >= 4 is 15.9 Å². The van der Waals surface area contributed by atoms with Crippen LogP contribution in [0, 0.1) is 20.8 Å². The fourth-order valence-corrected chi connectivity index (χ4v) is 3.32. The van der Waals surface area contributed by atoms with E-state index in [0.717, 1.165) is 12.0 Å². The standard InChI is InChI=1S/C13H20N2O3S/c1-5-6-15-13(16)11-8(2)7-9(3)12(10(11)4)19(14,17)18/h7H,5-6H2,1-4H3,(H,15,16)(H2,14,17,18). The lowest BCUT2D eigenvalue weighted by Gasteiger charge is -2.15. The summed E-state index contributed by atoms with van der Waals surface area (Å²) < 4.78 is 23.2. The summed E-state index contributed by atoms with van der Waals surface area (Å²) in [5, 5.41) is 7.97. The van der Waals surface area contributed by atoms with E-state index in [4.69, 9.17) is 5.14 Å². The Morgan fingerprint density at radius 2 is 1.84 bits per heavy atom. The van der Waals surface area contributed by atoms with Gasteiger partial charge in [0.1, 0.15) is 0 Å². The summed E-state index contributed by atoms with van der Waals surface area (Å²) in [4.78, 5) is 12.1. The highest BCUT2D eigenvalue weighted by Crippen LogP contribution is 2.25. The molecule has 0 aliphatic carbocycles. The molecule has 5 nitrogen and oxygen atoms in total. The van der Waals surface area contributed by atoms with Crippen molar-refractivity contribution < 1.29 is 13.2 Å². The van der Waals surface area contributed by atoms with Crippen LogP contribution in [0.3, 0.4) is 0 Å². The van der Waals surface area contributed by atoms with Gasteiger partial charge in [-0.1, -0.05) is 13.0 Å². The molecule has 0 saturated heterocycles. The van der Waals surface area contributed by atoms with Crippen molar-refractivity contribution in [3.63, 3.8) is 0 Å². The lowest BCUT2D eigenvalue weighted by atomic mass is 9.99. The molecular formula is C13H20N2O3S. The summed E-state index contributed by atoms with van der Waals surface area (Å²) in [6.45, 7) is 7.57. The van der Waals surface area contributed by atoms with Crippen molar-refractivity contribution in [2.24, 2.45) is 5.14 Å². The molecule has 0 aliphatic heterocycles. The molecule has 0 unspecified atom stereocenters. The quantitative estimate of drug-likeness (QED) is 0.875. The maximum atomic E-state index is 12.1. The minimum atomic E-state index is -3.84. The number of nitrogens with two attached hydrogens (primary N) is 1. The molecule has 0 saturated carbocycles. The van der Waals surface area contributed by atoms with Crippen LogP contribution in [0.5, 0.6) is 0 Å². The molecule has 0 spiro atoms. The topological polar surface area (TPSA) is 89.3 Å². The normalized spacial score (nSPS) is 11.4. The van der Waals surface area contributed by atoms with Gasteiger partial charge >= 0.3 is 0 Å². The van der Waals surface area contributed by atoms with E-state index in [0.29, 0.717) is 23.2 Å². The van der Waals surface area contributed by atoms with Crippen LogP contribution in [0.15, 0.2) is 11.0 Å². The molecule has 0 bridgehead atoms. The van der Waals surface area contributed by atoms with E-state index in [1.165, 1.54) is 0 Å². The Balaban J connectivity index is 3.46. The molecule has 0 heterocycles. The number of hydrogen-bond acceptors (Lipinski definition) is 3. The predicted octanol–water partition coefficient (Wildman–Crippen LogP) is 1.40. The van der Waals surface area contributed by atoms with E-state index < -0.39 is 10.0 Å². The Morgan fingerprint density at radius 3 is 2.32 bits per heavy atom. The summed E-state index contributed by atoms with van der Waals surface area (Å²) in [5.41, 5.74) is 2.11. The van der Waals surface area contributed by atoms with E-state index in [-0.39, 0.29) is 10.8 Å². The summed E-state index contributed by atoms with van der Waals surface area (Å²) in [6, 6.07) is 1.67. The minimum absolute atomic E-state index is 0.0414. The van der Waals surface area contributed by atoms with Gasteiger partial charge in [0.15, 0.2) is 0 Å². The van der Waals surface area contributed by atoms with Crippen LogP contribution in [0.1, 0.15) is 40.4 Å². The number of sulfonamides is 1. The molecule has 19 heavy (non-hydrogen) atoms. The summed E-state index contributed by atoms with van der Waals surface area (Å²) in [7, 11) is -3.84. The second-order valence-electron chi connectivity index (χ2n) is 4.64. The van der Waals surface area contributed by atoms with Crippen LogP contribution < -0.4 is 10.5 Å². The Hall–Kier alpha value is -1.40. The number of hydrogen-bond donors (Lipinski definition) is 2. The van der Waals surface area contributed by atoms with Crippen LogP contribution in [0.25, 0.3) is 0 Å². The Kier molecular flexibility index (Phi) is 4.70. The molecule has 1 aromatic carbocycles. The molecule has 6 heteroatoms. The maximum absolute atomic E-state index is 12.1. The Bertz CT molecular complexity index is 607. The predicted molar refractivity (Wildman–Crippen MR) is 74.7 cm³/mol. The monoisotopic (exact) mass is 284 g/mol. The lowest BCUT2D eigenvalue weighted by molar-refractivity contribution is 0.0952. The zero-order valence-electron chi connectivity index (χ0n) is 11.7. The maximum Gasteiger partial charge on any atom is 0.251 e. The second kappa shape index (κ2) is 5.71. The molecule has 106 valence electrons. The van der Waals surface area contributed by atoms with E-state index in [2.05, 4.69) is 5.32 Å². The van der Waals surface area contributed by atoms with E-state index in [1.54, 1.807) is 26.8 Å². The summed E-state index contributed by atoms with van der Waals surface area (Å²) >= 11 is 0. The third-order valence-electron chi connectivity index (χ3n) is 2.95. The Morgan fingerprint density at radius 1 is 1.26 bits per heavy atom. The highest BCUT2D eigenvalue weighted by Gasteiger charge is 2.22. The van der Waals surface area contributed by atoms with Crippen LogP contribution in [-0.4, -0.2) is 20.9 Å². The van der Waals surface area contributed by atoms with Crippen LogP contribution in [-0.2, 0) is 10.0 Å². The fourth-order valence-electron chi connectivity index (χ4n) is 2.28. The van der Waals surface area contributed by atoms with Crippen molar-refractivity contribution in [3.8, 4) is 0 Å². The molecule has 1 rings (SSSR count). The first-order valence-corrected chi connectivity index (χ1v) is 7.66. The van der Waals surface area contributed by atoms with Crippen molar-refractivity contribution in [3.05, 3.63) is 28.3 Å². The summed E-state index contributed by atoms with van der Waals surface area (Å²) in [5.74, 6) is -0.262. The number of amides is 1. The number of primary sulfonamides is 1. The highest BCUT2D eigenvalue weighted by atomic mass is 32.2. The van der Waals surface area contributed by atoms with Crippen molar-refractivity contribution in [2.75, 3.05) is 6.54 Å². The Labute approximate surface area is 114 Å². The van der Waals surface area contributed by atoms with Crippen molar-refractivity contribution in [1.29, 1.82) is 0 Å². The molecule has 0 aromatic heterocycles. The molecule has 0 aliphatic rings. The van der Waals surface area contributed by atoms with E-state index in [9.17, 15) is 13.2 Å². The molecule has 0 radical (unpaired) electrons. The van der Waals surface area contributed by atoms with Crippen LogP contribution in [0.4, 0.5) is 0 Å². The number of rotatable bonds is 4. The van der Waals surface area contributed by atoms with Gasteiger partial charge in [-0.25, -0.2) is 13.6 Å². The lowest BCUT2D eigenvalue weighted by Crippen LogP contribution is -2.27. The smallest absolute Gasteiger partial charge is 0.251 e. The van der Waals surface area contributed by atoms with E-state index in [1.807, 2.05) is 6.92 Å². The van der Waals surface area contributed by atoms with Crippen molar-refractivity contribution in [2.45, 2.75) is 39.0 Å². The molecule has 1 amide bonds.